The number of ether oxygens (including phenoxy) is 4. The molecule has 0 heterocycles. The highest BCUT2D eigenvalue weighted by molar-refractivity contribution is 7.47. The summed E-state index contributed by atoms with van der Waals surface area (Å²) in [6, 6.07) is 0. The van der Waals surface area contributed by atoms with Crippen molar-refractivity contribution in [3.63, 3.8) is 0 Å². The molecule has 17 nitrogen and oxygen atoms in total. The Morgan fingerprint density at radius 2 is 0.535 bits per heavy atom. The van der Waals surface area contributed by atoms with E-state index in [4.69, 9.17) is 37.0 Å². The van der Waals surface area contributed by atoms with Gasteiger partial charge in [-0.15, -0.1) is 0 Å². The molecule has 0 rings (SSSR count). The first-order valence-corrected chi connectivity index (χ1v) is 44.9. The van der Waals surface area contributed by atoms with Gasteiger partial charge in [0.2, 0.25) is 0 Å². The van der Waals surface area contributed by atoms with Gasteiger partial charge in [-0.1, -0.05) is 361 Å². The first-order valence-electron chi connectivity index (χ1n) is 42.0. The van der Waals surface area contributed by atoms with Gasteiger partial charge in [0, 0.05) is 25.7 Å². The zero-order valence-corrected chi connectivity index (χ0v) is 67.3. The predicted molar refractivity (Wildman–Crippen MR) is 414 cm³/mol. The number of carbonyl (C=O) groups is 4. The van der Waals surface area contributed by atoms with Gasteiger partial charge in [-0.05, 0) is 57.3 Å². The lowest BCUT2D eigenvalue weighted by molar-refractivity contribution is -0.161. The number of unbranched alkanes of at least 4 members (excludes halogenated alkanes) is 49. The molecule has 0 spiro atoms. The van der Waals surface area contributed by atoms with Crippen LogP contribution in [0.1, 0.15) is 413 Å². The lowest BCUT2D eigenvalue weighted by Gasteiger charge is -2.21. The maximum atomic E-state index is 13.1. The van der Waals surface area contributed by atoms with E-state index in [0.29, 0.717) is 25.7 Å². The van der Waals surface area contributed by atoms with Crippen LogP contribution in [0.15, 0.2) is 24.3 Å². The van der Waals surface area contributed by atoms with Crippen molar-refractivity contribution in [1.29, 1.82) is 0 Å². The minimum absolute atomic E-state index is 0.0854. The van der Waals surface area contributed by atoms with E-state index < -0.39 is 97.5 Å². The summed E-state index contributed by atoms with van der Waals surface area (Å²) in [5, 5.41) is 10.6. The molecule has 19 heteroatoms. The number of esters is 4. The van der Waals surface area contributed by atoms with Gasteiger partial charge in [0.1, 0.15) is 19.3 Å². The van der Waals surface area contributed by atoms with Gasteiger partial charge in [-0.2, -0.15) is 0 Å². The Morgan fingerprint density at radius 1 is 0.307 bits per heavy atom. The average molecular weight is 1480 g/mol. The van der Waals surface area contributed by atoms with Crippen LogP contribution in [0.5, 0.6) is 0 Å². The highest BCUT2D eigenvalue weighted by Crippen LogP contribution is 2.45. The Kier molecular flexibility index (Phi) is 72.6. The van der Waals surface area contributed by atoms with Crippen molar-refractivity contribution in [2.24, 2.45) is 5.92 Å². The number of carbonyl (C=O) groups excluding carboxylic acids is 4. The fraction of sp³-hybridized carbons (Fsp3) is 0.902. The van der Waals surface area contributed by atoms with Crippen molar-refractivity contribution in [1.82, 2.24) is 0 Å². The van der Waals surface area contributed by atoms with Crippen LogP contribution >= 0.6 is 15.6 Å². The van der Waals surface area contributed by atoms with Gasteiger partial charge in [0.05, 0.1) is 26.4 Å². The van der Waals surface area contributed by atoms with Crippen LogP contribution < -0.4 is 0 Å². The summed E-state index contributed by atoms with van der Waals surface area (Å²) < 4.78 is 68.6. The lowest BCUT2D eigenvalue weighted by Crippen LogP contribution is -2.30. The minimum atomic E-state index is -4.97. The molecule has 0 aromatic rings. The monoisotopic (exact) mass is 1480 g/mol. The maximum absolute atomic E-state index is 13.1. The van der Waals surface area contributed by atoms with Crippen molar-refractivity contribution in [2.75, 3.05) is 39.6 Å². The average Bonchev–Trinajstić information content (AvgIpc) is 0.964. The molecule has 596 valence electrons. The Morgan fingerprint density at radius 3 is 0.812 bits per heavy atom. The zero-order chi connectivity index (χ0) is 74.1. The summed E-state index contributed by atoms with van der Waals surface area (Å²) in [5.41, 5.74) is 0. The van der Waals surface area contributed by atoms with Crippen LogP contribution in [0.25, 0.3) is 0 Å². The Labute approximate surface area is 618 Å². The molecular formula is C82H156O17P2. The summed E-state index contributed by atoms with van der Waals surface area (Å²) in [5.74, 6) is -1.32. The van der Waals surface area contributed by atoms with Crippen LogP contribution in [0.3, 0.4) is 0 Å². The van der Waals surface area contributed by atoms with Gasteiger partial charge in [-0.25, -0.2) is 9.13 Å². The van der Waals surface area contributed by atoms with E-state index in [2.05, 4.69) is 58.9 Å². The van der Waals surface area contributed by atoms with E-state index >= 15 is 0 Å². The number of hydrogen-bond acceptors (Lipinski definition) is 15. The summed E-state index contributed by atoms with van der Waals surface area (Å²) >= 11 is 0. The van der Waals surface area contributed by atoms with E-state index in [9.17, 15) is 43.2 Å². The molecule has 101 heavy (non-hydrogen) atoms. The summed E-state index contributed by atoms with van der Waals surface area (Å²) in [4.78, 5) is 73.0. The van der Waals surface area contributed by atoms with Gasteiger partial charge in [0.25, 0.3) is 0 Å². The smallest absolute Gasteiger partial charge is 0.462 e. The molecule has 0 fully saturated rings. The van der Waals surface area contributed by atoms with Gasteiger partial charge >= 0.3 is 39.5 Å². The van der Waals surface area contributed by atoms with Crippen LogP contribution in [0.4, 0.5) is 0 Å². The molecule has 0 aromatic carbocycles. The number of phosphoric ester groups is 2. The fourth-order valence-electron chi connectivity index (χ4n) is 12.2. The van der Waals surface area contributed by atoms with Gasteiger partial charge in [0.15, 0.2) is 12.2 Å². The first-order chi connectivity index (χ1) is 49.0. The minimum Gasteiger partial charge on any atom is -0.462 e. The largest absolute Gasteiger partial charge is 0.472 e. The van der Waals surface area contributed by atoms with Crippen LogP contribution in [-0.4, -0.2) is 96.7 Å². The molecule has 0 aliphatic carbocycles. The molecular weight excluding hydrogens is 1320 g/mol. The van der Waals surface area contributed by atoms with Crippen LogP contribution in [-0.2, 0) is 65.4 Å². The molecule has 0 bridgehead atoms. The van der Waals surface area contributed by atoms with Crippen molar-refractivity contribution < 1.29 is 80.2 Å². The third kappa shape index (κ3) is 75.6. The number of aliphatic hydroxyl groups excluding tert-OH is 1. The second kappa shape index (κ2) is 74.4. The zero-order valence-electron chi connectivity index (χ0n) is 65.5. The molecule has 5 atom stereocenters. The molecule has 3 N–H and O–H groups in total. The third-order valence-corrected chi connectivity index (χ3v) is 20.6. The predicted octanol–water partition coefficient (Wildman–Crippen LogP) is 24.4. The van der Waals surface area contributed by atoms with Gasteiger partial charge < -0.3 is 33.8 Å². The van der Waals surface area contributed by atoms with E-state index in [1.165, 1.54) is 225 Å². The highest BCUT2D eigenvalue weighted by atomic mass is 31.2. The molecule has 2 unspecified atom stereocenters. The lowest BCUT2D eigenvalue weighted by atomic mass is 10.0. The summed E-state index contributed by atoms with van der Waals surface area (Å²) in [6.45, 7) is 7.29. The maximum Gasteiger partial charge on any atom is 0.472 e. The van der Waals surface area contributed by atoms with Gasteiger partial charge in [-0.3, -0.25) is 37.3 Å². The van der Waals surface area contributed by atoms with Crippen LogP contribution in [0.2, 0.25) is 0 Å². The molecule has 0 saturated carbocycles. The Hall–Kier alpha value is -2.46. The summed E-state index contributed by atoms with van der Waals surface area (Å²) in [7, 11) is -9.93. The van der Waals surface area contributed by atoms with Crippen molar-refractivity contribution in [3.8, 4) is 0 Å². The SMILES string of the molecule is CCCCCC/C=C\C=C/CCCCCCCC(=O)O[C@H](COC(=O)CCCCCCCCCCC)COP(=O)(O)OC[C@H](O)COP(=O)(O)OC[C@@H](COC(=O)CCCCCCCCCCCCCCCCCC)OC(=O)CCCCCCCCCCCCCCCCCCCCC(C)C. The van der Waals surface area contributed by atoms with Crippen molar-refractivity contribution in [3.05, 3.63) is 24.3 Å². The van der Waals surface area contributed by atoms with Crippen LogP contribution in [0, 0.1) is 5.92 Å². The number of phosphoric acid groups is 2. The second-order valence-corrected chi connectivity index (χ2v) is 32.2. The molecule has 0 saturated heterocycles. The number of allylic oxidation sites excluding steroid dienone is 4. The topological polar surface area (TPSA) is 237 Å². The Bertz CT molecular complexity index is 2020. The first kappa shape index (κ1) is 98.5. The molecule has 0 aliphatic heterocycles. The van der Waals surface area contributed by atoms with E-state index in [0.717, 1.165) is 109 Å². The number of rotatable bonds is 80. The molecule has 0 radical (unpaired) electrons. The number of aliphatic hydroxyl groups is 1. The molecule has 0 amide bonds. The fourth-order valence-corrected chi connectivity index (χ4v) is 13.8. The van der Waals surface area contributed by atoms with E-state index in [1.807, 2.05) is 0 Å². The van der Waals surface area contributed by atoms with E-state index in [-0.39, 0.29) is 25.7 Å². The molecule has 0 aromatic heterocycles. The number of hydrogen-bond donors (Lipinski definition) is 3. The van der Waals surface area contributed by atoms with E-state index in [1.54, 1.807) is 0 Å². The highest BCUT2D eigenvalue weighted by Gasteiger charge is 2.30. The van der Waals surface area contributed by atoms with Crippen molar-refractivity contribution in [2.45, 2.75) is 432 Å². The molecule has 0 aliphatic rings. The standard InChI is InChI=1S/C82H156O17P2/c1-6-9-12-15-18-21-23-25-27-34-37-41-46-51-56-61-66-80(85)93-72-78(99-82(87)68-63-58-53-48-43-39-35-31-29-28-30-33-36-40-45-49-54-59-64-75(4)5)74-97-101(90,91)95-70-76(83)69-94-100(88,89)96-73-77(71-92-79(84)65-60-55-50-44-20-17-14-11-8-3)98-81(86)67-62-57-52-47-42-38-32-26-24-22-19-16-13-10-7-2/h22,24,26,32,75-78,83H,6-21,23,25,27-31,33-74H2,1-5H3,(H,88,89)(H,90,91)/b24-22-,32-26-/t76-,77+,78+/m0/s1. The second-order valence-electron chi connectivity index (χ2n) is 29.3. The third-order valence-electron chi connectivity index (χ3n) is 18.7. The normalized spacial score (nSPS) is 14.0. The summed E-state index contributed by atoms with van der Waals surface area (Å²) in [6.07, 6.45) is 68.8. The van der Waals surface area contributed by atoms with Crippen molar-refractivity contribution >= 4 is 39.5 Å². The Balaban J connectivity index is 5.24. The quantitative estimate of drug-likeness (QED) is 0.0169.